The summed E-state index contributed by atoms with van der Waals surface area (Å²) in [5, 5.41) is 0. The van der Waals surface area contributed by atoms with Gasteiger partial charge in [-0.2, -0.15) is 0 Å². The molecule has 0 aromatic carbocycles. The molecule has 1 aromatic rings. The van der Waals surface area contributed by atoms with Crippen molar-refractivity contribution in [3.05, 3.63) is 12.0 Å². The zero-order valence-electron chi connectivity index (χ0n) is 8.69. The molecule has 82 valence electrons. The van der Waals surface area contributed by atoms with Gasteiger partial charge in [0.15, 0.2) is 5.69 Å². The first-order valence-electron chi connectivity index (χ1n) is 4.64. The molecule has 0 aliphatic heterocycles. The van der Waals surface area contributed by atoms with Crippen LogP contribution in [0, 0.1) is 0 Å². The predicted molar refractivity (Wildman–Crippen MR) is 53.5 cm³/mol. The summed E-state index contributed by atoms with van der Waals surface area (Å²) in [6.07, 6.45) is 1.52. The summed E-state index contributed by atoms with van der Waals surface area (Å²) in [4.78, 5) is 26.4. The Hall–Kier alpha value is -1.85. The van der Waals surface area contributed by atoms with Crippen molar-refractivity contribution < 1.29 is 14.3 Å². The fourth-order valence-corrected chi connectivity index (χ4v) is 1.08. The van der Waals surface area contributed by atoms with E-state index in [-0.39, 0.29) is 24.0 Å². The molecule has 0 saturated carbocycles. The van der Waals surface area contributed by atoms with Gasteiger partial charge in [-0.1, -0.05) is 6.92 Å². The van der Waals surface area contributed by atoms with Crippen LogP contribution in [0.25, 0.3) is 0 Å². The van der Waals surface area contributed by atoms with Crippen LogP contribution >= 0.6 is 0 Å². The number of aromatic nitrogens is 2. The number of rotatable bonds is 3. The third-order valence-corrected chi connectivity index (χ3v) is 1.84. The van der Waals surface area contributed by atoms with E-state index in [0.717, 1.165) is 4.57 Å². The molecular formula is C9H13N3O3. The number of nitrogens with zero attached hydrogens (tertiary/aromatic N) is 2. The van der Waals surface area contributed by atoms with E-state index in [2.05, 4.69) is 4.98 Å². The maximum Gasteiger partial charge on any atom is 0.360 e. The second-order valence-corrected chi connectivity index (χ2v) is 2.82. The number of carbonyl (C=O) groups excluding carboxylic acids is 2. The summed E-state index contributed by atoms with van der Waals surface area (Å²) in [5.41, 5.74) is 5.57. The highest BCUT2D eigenvalue weighted by atomic mass is 16.5. The van der Waals surface area contributed by atoms with Gasteiger partial charge in [0.1, 0.15) is 12.1 Å². The molecule has 0 atom stereocenters. The van der Waals surface area contributed by atoms with E-state index in [4.69, 9.17) is 10.5 Å². The van der Waals surface area contributed by atoms with E-state index in [1.807, 2.05) is 0 Å². The summed E-state index contributed by atoms with van der Waals surface area (Å²) >= 11 is 0. The molecule has 0 aliphatic carbocycles. The van der Waals surface area contributed by atoms with E-state index in [1.165, 1.54) is 6.33 Å². The highest BCUT2D eigenvalue weighted by Gasteiger charge is 2.18. The minimum absolute atomic E-state index is 0.0151. The molecule has 0 fully saturated rings. The van der Waals surface area contributed by atoms with Gasteiger partial charge in [0.05, 0.1) is 6.61 Å². The number of hydrogen-bond acceptors (Lipinski definition) is 5. The first-order chi connectivity index (χ1) is 7.11. The summed E-state index contributed by atoms with van der Waals surface area (Å²) in [7, 11) is 0. The van der Waals surface area contributed by atoms with Gasteiger partial charge in [-0.05, 0) is 6.92 Å². The van der Waals surface area contributed by atoms with Gasteiger partial charge >= 0.3 is 5.97 Å². The minimum Gasteiger partial charge on any atom is -0.461 e. The van der Waals surface area contributed by atoms with Gasteiger partial charge in [0.25, 0.3) is 0 Å². The number of carbonyl (C=O) groups is 2. The van der Waals surface area contributed by atoms with E-state index in [0.29, 0.717) is 6.42 Å². The van der Waals surface area contributed by atoms with E-state index in [9.17, 15) is 9.59 Å². The van der Waals surface area contributed by atoms with Crippen molar-refractivity contribution in [3.8, 4) is 0 Å². The summed E-state index contributed by atoms with van der Waals surface area (Å²) in [6, 6.07) is 0. The Kier molecular flexibility index (Phi) is 3.43. The molecule has 1 heterocycles. The largest absolute Gasteiger partial charge is 0.461 e. The molecule has 6 heteroatoms. The second-order valence-electron chi connectivity index (χ2n) is 2.82. The molecule has 0 amide bonds. The molecule has 15 heavy (non-hydrogen) atoms. The van der Waals surface area contributed by atoms with E-state index in [1.54, 1.807) is 13.8 Å². The quantitative estimate of drug-likeness (QED) is 0.743. The average Bonchev–Trinajstić information content (AvgIpc) is 2.59. The Morgan fingerprint density at radius 2 is 2.20 bits per heavy atom. The van der Waals surface area contributed by atoms with Crippen LogP contribution in [0.5, 0.6) is 0 Å². The molecule has 1 rings (SSSR count). The Balaban J connectivity index is 2.98. The highest BCUT2D eigenvalue weighted by Crippen LogP contribution is 2.11. The van der Waals surface area contributed by atoms with Crippen molar-refractivity contribution >= 4 is 17.7 Å². The number of nitrogens with two attached hydrogens (primary N) is 1. The predicted octanol–water partition coefficient (Wildman–Crippen LogP) is 0.692. The molecule has 1 aromatic heterocycles. The third-order valence-electron chi connectivity index (χ3n) is 1.84. The van der Waals surface area contributed by atoms with Crippen molar-refractivity contribution in [1.29, 1.82) is 0 Å². The molecule has 2 N–H and O–H groups in total. The van der Waals surface area contributed by atoms with Gasteiger partial charge in [-0.15, -0.1) is 0 Å². The smallest absolute Gasteiger partial charge is 0.360 e. The number of imidazole rings is 1. The number of ether oxygens (including phenoxy) is 1. The molecule has 0 spiro atoms. The lowest BCUT2D eigenvalue weighted by Gasteiger charge is -2.02. The SMILES string of the molecule is CCOC(=O)c1ncn(C(=O)CC)c1N. The fourth-order valence-electron chi connectivity index (χ4n) is 1.08. The zero-order chi connectivity index (χ0) is 11.4. The van der Waals surface area contributed by atoms with E-state index < -0.39 is 5.97 Å². The third kappa shape index (κ3) is 2.15. The van der Waals surface area contributed by atoms with Crippen LogP contribution in [0.2, 0.25) is 0 Å². The standard InChI is InChI=1S/C9H13N3O3/c1-3-6(13)12-5-11-7(8(12)10)9(14)15-4-2/h5H,3-4,10H2,1-2H3. The number of nitrogen functional groups attached to an aromatic ring is 1. The Morgan fingerprint density at radius 3 is 2.73 bits per heavy atom. The van der Waals surface area contributed by atoms with Crippen molar-refractivity contribution in [2.45, 2.75) is 20.3 Å². The lowest BCUT2D eigenvalue weighted by Crippen LogP contribution is -2.14. The lowest BCUT2D eigenvalue weighted by molar-refractivity contribution is 0.0521. The molecule has 0 saturated heterocycles. The second kappa shape index (κ2) is 4.59. The zero-order valence-corrected chi connectivity index (χ0v) is 8.69. The first kappa shape index (κ1) is 11.2. The van der Waals surface area contributed by atoms with Gasteiger partial charge in [-0.25, -0.2) is 9.78 Å². The first-order valence-corrected chi connectivity index (χ1v) is 4.64. The van der Waals surface area contributed by atoms with Gasteiger partial charge in [-0.3, -0.25) is 9.36 Å². The van der Waals surface area contributed by atoms with Crippen molar-refractivity contribution in [3.63, 3.8) is 0 Å². The van der Waals surface area contributed by atoms with E-state index >= 15 is 0 Å². The van der Waals surface area contributed by atoms with Crippen LogP contribution in [0.15, 0.2) is 6.33 Å². The molecular weight excluding hydrogens is 198 g/mol. The lowest BCUT2D eigenvalue weighted by atomic mass is 10.4. The monoisotopic (exact) mass is 211 g/mol. The number of hydrogen-bond donors (Lipinski definition) is 1. The summed E-state index contributed by atoms with van der Waals surface area (Å²) in [5.74, 6) is -0.798. The highest BCUT2D eigenvalue weighted by molar-refractivity contribution is 5.95. The molecule has 0 bridgehead atoms. The minimum atomic E-state index is -0.613. The van der Waals surface area contributed by atoms with Crippen LogP contribution < -0.4 is 5.73 Å². The van der Waals surface area contributed by atoms with Crippen LogP contribution in [-0.2, 0) is 4.74 Å². The maximum absolute atomic E-state index is 11.3. The van der Waals surface area contributed by atoms with Crippen LogP contribution in [0.4, 0.5) is 5.82 Å². The van der Waals surface area contributed by atoms with Crippen LogP contribution in [0.3, 0.4) is 0 Å². The normalized spacial score (nSPS) is 10.0. The maximum atomic E-state index is 11.3. The fraction of sp³-hybridized carbons (Fsp3) is 0.444. The summed E-state index contributed by atoms with van der Waals surface area (Å²) in [6.45, 7) is 3.63. The Bertz CT molecular complexity index is 384. The average molecular weight is 211 g/mol. The van der Waals surface area contributed by atoms with Gasteiger partial charge < -0.3 is 10.5 Å². The topological polar surface area (TPSA) is 87.2 Å². The number of anilines is 1. The van der Waals surface area contributed by atoms with Crippen molar-refractivity contribution in [2.75, 3.05) is 12.3 Å². The Labute approximate surface area is 87.0 Å². The number of esters is 1. The van der Waals surface area contributed by atoms with Crippen LogP contribution in [-0.4, -0.2) is 28.0 Å². The molecule has 6 nitrogen and oxygen atoms in total. The molecule has 0 unspecified atom stereocenters. The van der Waals surface area contributed by atoms with Crippen LogP contribution in [0.1, 0.15) is 35.6 Å². The Morgan fingerprint density at radius 1 is 1.53 bits per heavy atom. The summed E-state index contributed by atoms with van der Waals surface area (Å²) < 4.78 is 5.87. The van der Waals surface area contributed by atoms with Gasteiger partial charge in [0.2, 0.25) is 5.91 Å². The van der Waals surface area contributed by atoms with Crippen molar-refractivity contribution in [2.24, 2.45) is 0 Å². The van der Waals surface area contributed by atoms with Crippen molar-refractivity contribution in [1.82, 2.24) is 9.55 Å². The molecule has 0 radical (unpaired) electrons. The molecule has 0 aliphatic rings. The van der Waals surface area contributed by atoms with Gasteiger partial charge in [0, 0.05) is 6.42 Å².